The van der Waals surface area contributed by atoms with Crippen LogP contribution in [0.3, 0.4) is 0 Å². The van der Waals surface area contributed by atoms with E-state index in [4.69, 9.17) is 10.9 Å². The second kappa shape index (κ2) is 6.12. The van der Waals surface area contributed by atoms with Crippen molar-refractivity contribution in [3.05, 3.63) is 24.0 Å². The Morgan fingerprint density at radius 3 is 2.50 bits per heavy atom. The molecule has 0 amide bonds. The van der Waals surface area contributed by atoms with Gasteiger partial charge in [0.25, 0.3) is 0 Å². The van der Waals surface area contributed by atoms with Gasteiger partial charge in [-0.25, -0.2) is 17.9 Å². The summed E-state index contributed by atoms with van der Waals surface area (Å²) in [7, 11) is -3.87. The lowest BCUT2D eigenvalue weighted by molar-refractivity contribution is 0.590. The van der Waals surface area contributed by atoms with Crippen molar-refractivity contribution in [2.75, 3.05) is 24.5 Å². The SMILES string of the molecule is CCN(CCCN)c1ccc(S(N)(=O)=O)cc1F. The number of benzene rings is 1. The van der Waals surface area contributed by atoms with E-state index in [2.05, 4.69) is 0 Å². The molecule has 0 spiro atoms. The van der Waals surface area contributed by atoms with E-state index in [0.29, 0.717) is 25.3 Å². The molecule has 0 heterocycles. The molecule has 0 radical (unpaired) electrons. The molecule has 0 saturated heterocycles. The van der Waals surface area contributed by atoms with Gasteiger partial charge in [0.05, 0.1) is 10.6 Å². The fourth-order valence-corrected chi connectivity index (χ4v) is 2.18. The number of hydrogen-bond acceptors (Lipinski definition) is 4. The van der Waals surface area contributed by atoms with Gasteiger partial charge in [-0.15, -0.1) is 0 Å². The fraction of sp³-hybridized carbons (Fsp3) is 0.455. The normalized spacial score (nSPS) is 11.6. The van der Waals surface area contributed by atoms with E-state index in [1.807, 2.05) is 6.92 Å². The molecule has 0 saturated carbocycles. The molecule has 4 N–H and O–H groups in total. The van der Waals surface area contributed by atoms with E-state index in [0.717, 1.165) is 12.5 Å². The van der Waals surface area contributed by atoms with Gasteiger partial charge in [-0.3, -0.25) is 0 Å². The largest absolute Gasteiger partial charge is 0.369 e. The van der Waals surface area contributed by atoms with Crippen LogP contribution in [0.4, 0.5) is 10.1 Å². The van der Waals surface area contributed by atoms with Gasteiger partial charge in [-0.1, -0.05) is 0 Å². The van der Waals surface area contributed by atoms with E-state index in [-0.39, 0.29) is 4.90 Å². The number of rotatable bonds is 6. The maximum absolute atomic E-state index is 13.9. The molecule has 102 valence electrons. The molecule has 1 aromatic rings. The van der Waals surface area contributed by atoms with Gasteiger partial charge < -0.3 is 10.6 Å². The van der Waals surface area contributed by atoms with Crippen LogP contribution >= 0.6 is 0 Å². The minimum absolute atomic E-state index is 0.223. The molecule has 0 aromatic heterocycles. The molecular weight excluding hydrogens is 257 g/mol. The molecule has 0 atom stereocenters. The molecule has 5 nitrogen and oxygen atoms in total. The molecule has 7 heteroatoms. The number of nitrogens with two attached hydrogens (primary N) is 2. The third-order valence-corrected chi connectivity index (χ3v) is 3.51. The first-order chi connectivity index (χ1) is 8.40. The quantitative estimate of drug-likeness (QED) is 0.797. The smallest absolute Gasteiger partial charge is 0.238 e. The Bertz CT molecular complexity index is 505. The number of nitrogens with zero attached hydrogens (tertiary/aromatic N) is 1. The van der Waals surface area contributed by atoms with Gasteiger partial charge in [0, 0.05) is 13.1 Å². The second-order valence-electron chi connectivity index (χ2n) is 3.88. The zero-order chi connectivity index (χ0) is 13.8. The minimum atomic E-state index is -3.87. The van der Waals surface area contributed by atoms with Crippen LogP contribution in [0.15, 0.2) is 23.1 Å². The predicted molar refractivity (Wildman–Crippen MR) is 69.3 cm³/mol. The summed E-state index contributed by atoms with van der Waals surface area (Å²) in [6, 6.07) is 3.67. The summed E-state index contributed by atoms with van der Waals surface area (Å²) in [4.78, 5) is 1.58. The maximum atomic E-state index is 13.9. The molecule has 1 rings (SSSR count). The van der Waals surface area contributed by atoms with Crippen molar-refractivity contribution in [3.8, 4) is 0 Å². The van der Waals surface area contributed by atoms with Crippen molar-refractivity contribution < 1.29 is 12.8 Å². The van der Waals surface area contributed by atoms with Gasteiger partial charge in [0.15, 0.2) is 0 Å². The third-order valence-electron chi connectivity index (χ3n) is 2.60. The highest BCUT2D eigenvalue weighted by Crippen LogP contribution is 2.22. The predicted octanol–water partition coefficient (Wildman–Crippen LogP) is 0.648. The molecule has 0 unspecified atom stereocenters. The Kier molecular flexibility index (Phi) is 5.06. The average molecular weight is 275 g/mol. The van der Waals surface area contributed by atoms with Gasteiger partial charge >= 0.3 is 0 Å². The Hall–Kier alpha value is -1.18. The van der Waals surface area contributed by atoms with Crippen LogP contribution in [0.1, 0.15) is 13.3 Å². The summed E-state index contributed by atoms with van der Waals surface area (Å²) in [6.45, 7) is 3.65. The maximum Gasteiger partial charge on any atom is 0.238 e. The standard InChI is InChI=1S/C11H18FN3O2S/c1-2-15(7-3-6-13)11-5-4-9(8-10(11)12)18(14,16)17/h4-5,8H,2-3,6-7,13H2,1H3,(H2,14,16,17). The van der Waals surface area contributed by atoms with Crippen LogP contribution in [0.2, 0.25) is 0 Å². The van der Waals surface area contributed by atoms with Gasteiger partial charge in [-0.05, 0) is 38.1 Å². The molecule has 0 fully saturated rings. The van der Waals surface area contributed by atoms with Crippen LogP contribution < -0.4 is 15.8 Å². The number of sulfonamides is 1. The number of hydrogen-bond donors (Lipinski definition) is 2. The Morgan fingerprint density at radius 1 is 1.39 bits per heavy atom. The third kappa shape index (κ3) is 3.66. The van der Waals surface area contributed by atoms with Gasteiger partial charge in [0.2, 0.25) is 10.0 Å². The highest BCUT2D eigenvalue weighted by Gasteiger charge is 2.14. The molecule has 0 aliphatic carbocycles. The summed E-state index contributed by atoms with van der Waals surface area (Å²) in [6.07, 6.45) is 0.740. The molecule has 18 heavy (non-hydrogen) atoms. The zero-order valence-corrected chi connectivity index (χ0v) is 11.1. The van der Waals surface area contributed by atoms with Crippen LogP contribution in [-0.4, -0.2) is 28.1 Å². The Balaban J connectivity index is 3.04. The second-order valence-corrected chi connectivity index (χ2v) is 5.44. The van der Waals surface area contributed by atoms with Crippen molar-refractivity contribution in [2.24, 2.45) is 10.9 Å². The fourth-order valence-electron chi connectivity index (χ4n) is 1.65. The van der Waals surface area contributed by atoms with Crippen molar-refractivity contribution >= 4 is 15.7 Å². The lowest BCUT2D eigenvalue weighted by Crippen LogP contribution is -2.26. The summed E-state index contributed by atoms with van der Waals surface area (Å²) in [5.74, 6) is -0.597. The lowest BCUT2D eigenvalue weighted by Gasteiger charge is -2.23. The first-order valence-corrected chi connectivity index (χ1v) is 7.22. The van der Waals surface area contributed by atoms with E-state index in [9.17, 15) is 12.8 Å². The molecule has 0 aliphatic rings. The summed E-state index contributed by atoms with van der Waals surface area (Å²) in [5, 5.41) is 4.94. The average Bonchev–Trinajstić information content (AvgIpc) is 2.30. The molecule has 0 aliphatic heterocycles. The monoisotopic (exact) mass is 275 g/mol. The number of anilines is 1. The highest BCUT2D eigenvalue weighted by molar-refractivity contribution is 7.89. The number of halogens is 1. The van der Waals surface area contributed by atoms with E-state index in [1.165, 1.54) is 12.1 Å². The van der Waals surface area contributed by atoms with Crippen molar-refractivity contribution in [2.45, 2.75) is 18.2 Å². The van der Waals surface area contributed by atoms with Crippen LogP contribution in [0, 0.1) is 5.82 Å². The van der Waals surface area contributed by atoms with Crippen molar-refractivity contribution in [3.63, 3.8) is 0 Å². The van der Waals surface area contributed by atoms with Crippen LogP contribution in [0.25, 0.3) is 0 Å². The van der Waals surface area contributed by atoms with E-state index in [1.54, 1.807) is 4.90 Å². The number of primary sulfonamides is 1. The van der Waals surface area contributed by atoms with Gasteiger partial charge in [0.1, 0.15) is 5.82 Å². The van der Waals surface area contributed by atoms with Crippen LogP contribution in [0.5, 0.6) is 0 Å². The topological polar surface area (TPSA) is 89.4 Å². The van der Waals surface area contributed by atoms with Crippen LogP contribution in [-0.2, 0) is 10.0 Å². The minimum Gasteiger partial charge on any atom is -0.369 e. The summed E-state index contributed by atoms with van der Waals surface area (Å²) < 4.78 is 36.0. The summed E-state index contributed by atoms with van der Waals surface area (Å²) >= 11 is 0. The molecule has 0 bridgehead atoms. The highest BCUT2D eigenvalue weighted by atomic mass is 32.2. The van der Waals surface area contributed by atoms with Gasteiger partial charge in [-0.2, -0.15) is 0 Å². The lowest BCUT2D eigenvalue weighted by atomic mass is 10.2. The Labute approximate surface area is 107 Å². The Morgan fingerprint density at radius 2 is 2.06 bits per heavy atom. The molecular formula is C11H18FN3O2S. The van der Waals surface area contributed by atoms with E-state index < -0.39 is 15.8 Å². The zero-order valence-electron chi connectivity index (χ0n) is 10.3. The van der Waals surface area contributed by atoms with Crippen molar-refractivity contribution in [1.82, 2.24) is 0 Å². The summed E-state index contributed by atoms with van der Waals surface area (Å²) in [5.41, 5.74) is 5.77. The molecule has 1 aromatic carbocycles. The van der Waals surface area contributed by atoms with E-state index >= 15 is 0 Å². The first-order valence-electron chi connectivity index (χ1n) is 5.67. The van der Waals surface area contributed by atoms with Crippen molar-refractivity contribution in [1.29, 1.82) is 0 Å². The first kappa shape index (κ1) is 14.9.